The van der Waals surface area contributed by atoms with E-state index in [-0.39, 0.29) is 0 Å². The van der Waals surface area contributed by atoms with E-state index in [4.69, 9.17) is 0 Å². The van der Waals surface area contributed by atoms with Gasteiger partial charge < -0.3 is 4.57 Å². The molecule has 118 valence electrons. The Morgan fingerprint density at radius 2 is 1.78 bits per heavy atom. The standard InChI is InChI=1S/C21H24N2/c1-4-5-8-17-11-13-18(14-12-17)22-15-20-16(2)23(3)21-10-7-6-9-19(20)21/h6-7,9-15H,4-5,8H2,1-3H3. The van der Waals surface area contributed by atoms with E-state index in [1.807, 2.05) is 6.21 Å². The Hall–Kier alpha value is -2.35. The maximum Gasteiger partial charge on any atom is 0.0630 e. The summed E-state index contributed by atoms with van der Waals surface area (Å²) >= 11 is 0. The first kappa shape index (κ1) is 15.5. The molecule has 0 bridgehead atoms. The van der Waals surface area contributed by atoms with Gasteiger partial charge in [0.2, 0.25) is 0 Å². The third kappa shape index (κ3) is 3.21. The first-order chi connectivity index (χ1) is 11.2. The molecule has 2 nitrogen and oxygen atoms in total. The predicted octanol–water partition coefficient (Wildman–Crippen LogP) is 5.58. The van der Waals surface area contributed by atoms with Crippen LogP contribution in [0.4, 0.5) is 5.69 Å². The Morgan fingerprint density at radius 1 is 1.04 bits per heavy atom. The number of rotatable bonds is 5. The van der Waals surface area contributed by atoms with Gasteiger partial charge in [0.1, 0.15) is 0 Å². The number of aromatic nitrogens is 1. The van der Waals surface area contributed by atoms with Crippen LogP contribution in [0.15, 0.2) is 53.5 Å². The van der Waals surface area contributed by atoms with Crippen LogP contribution in [0.5, 0.6) is 0 Å². The normalized spacial score (nSPS) is 11.6. The van der Waals surface area contributed by atoms with Crippen LogP contribution in [0.3, 0.4) is 0 Å². The van der Waals surface area contributed by atoms with Gasteiger partial charge in [0.05, 0.1) is 5.69 Å². The summed E-state index contributed by atoms with van der Waals surface area (Å²) in [5, 5.41) is 1.26. The van der Waals surface area contributed by atoms with Crippen LogP contribution in [-0.4, -0.2) is 10.8 Å². The smallest absolute Gasteiger partial charge is 0.0630 e. The molecule has 0 atom stereocenters. The fourth-order valence-electron chi connectivity index (χ4n) is 2.98. The molecule has 0 aliphatic rings. The Labute approximate surface area is 138 Å². The highest BCUT2D eigenvalue weighted by Gasteiger charge is 2.09. The summed E-state index contributed by atoms with van der Waals surface area (Å²) in [6.45, 7) is 4.38. The summed E-state index contributed by atoms with van der Waals surface area (Å²) in [4.78, 5) is 4.68. The van der Waals surface area contributed by atoms with Crippen LogP contribution in [0.1, 0.15) is 36.6 Å². The van der Waals surface area contributed by atoms with Crippen LogP contribution in [-0.2, 0) is 13.5 Å². The Bertz CT molecular complexity index is 823. The molecule has 0 radical (unpaired) electrons. The summed E-state index contributed by atoms with van der Waals surface area (Å²) in [5.74, 6) is 0. The zero-order valence-electron chi connectivity index (χ0n) is 14.2. The van der Waals surface area contributed by atoms with Crippen LogP contribution in [0, 0.1) is 6.92 Å². The molecule has 0 saturated carbocycles. The van der Waals surface area contributed by atoms with Crippen molar-refractivity contribution in [2.24, 2.45) is 12.0 Å². The van der Waals surface area contributed by atoms with Crippen molar-refractivity contribution in [1.29, 1.82) is 0 Å². The van der Waals surface area contributed by atoms with E-state index in [9.17, 15) is 0 Å². The predicted molar refractivity (Wildman–Crippen MR) is 100.0 cm³/mol. The van der Waals surface area contributed by atoms with Gasteiger partial charge in [-0.1, -0.05) is 43.7 Å². The van der Waals surface area contributed by atoms with Gasteiger partial charge >= 0.3 is 0 Å². The third-order valence-electron chi connectivity index (χ3n) is 4.55. The van der Waals surface area contributed by atoms with Crippen molar-refractivity contribution in [3.63, 3.8) is 0 Å². The molecule has 3 aromatic rings. The molecule has 0 aliphatic carbocycles. The molecule has 2 aromatic carbocycles. The molecule has 0 amide bonds. The Balaban J connectivity index is 1.87. The molecular formula is C21H24N2. The lowest BCUT2D eigenvalue weighted by Gasteiger charge is -2.00. The zero-order chi connectivity index (χ0) is 16.2. The van der Waals surface area contributed by atoms with Gasteiger partial charge in [-0.2, -0.15) is 0 Å². The second-order valence-electron chi connectivity index (χ2n) is 6.10. The van der Waals surface area contributed by atoms with E-state index in [2.05, 4.69) is 79.0 Å². The van der Waals surface area contributed by atoms with Gasteiger partial charge in [-0.25, -0.2) is 0 Å². The van der Waals surface area contributed by atoms with E-state index >= 15 is 0 Å². The number of aliphatic imine (C=N–C) groups is 1. The minimum absolute atomic E-state index is 1.01. The van der Waals surface area contributed by atoms with Gasteiger partial charge in [0, 0.05) is 35.4 Å². The molecule has 23 heavy (non-hydrogen) atoms. The monoisotopic (exact) mass is 304 g/mol. The second-order valence-corrected chi connectivity index (χ2v) is 6.10. The first-order valence-corrected chi connectivity index (χ1v) is 8.37. The molecule has 0 fully saturated rings. The number of fused-ring (bicyclic) bond motifs is 1. The maximum atomic E-state index is 4.68. The molecule has 1 heterocycles. The highest BCUT2D eigenvalue weighted by atomic mass is 14.9. The van der Waals surface area contributed by atoms with Gasteiger partial charge in [-0.05, 0) is 43.5 Å². The van der Waals surface area contributed by atoms with Crippen molar-refractivity contribution in [3.8, 4) is 0 Å². The van der Waals surface area contributed by atoms with Gasteiger partial charge in [0.25, 0.3) is 0 Å². The minimum atomic E-state index is 1.01. The first-order valence-electron chi connectivity index (χ1n) is 8.37. The number of nitrogens with zero attached hydrogens (tertiary/aromatic N) is 2. The van der Waals surface area contributed by atoms with Crippen LogP contribution in [0.25, 0.3) is 10.9 Å². The van der Waals surface area contributed by atoms with Crippen LogP contribution < -0.4 is 0 Å². The lowest BCUT2D eigenvalue weighted by atomic mass is 10.1. The average Bonchev–Trinajstić information content (AvgIpc) is 2.84. The summed E-state index contributed by atoms with van der Waals surface area (Å²) in [7, 11) is 2.11. The van der Waals surface area contributed by atoms with Crippen molar-refractivity contribution in [3.05, 3.63) is 65.4 Å². The largest absolute Gasteiger partial charge is 0.347 e. The molecule has 0 spiro atoms. The van der Waals surface area contributed by atoms with Gasteiger partial charge in [-0.15, -0.1) is 0 Å². The lowest BCUT2D eigenvalue weighted by Crippen LogP contribution is -1.91. The Morgan fingerprint density at radius 3 is 2.52 bits per heavy atom. The molecule has 0 saturated heterocycles. The number of unbranched alkanes of at least 4 members (excludes halogenated alkanes) is 1. The molecule has 2 heteroatoms. The maximum absolute atomic E-state index is 4.68. The second kappa shape index (κ2) is 6.82. The third-order valence-corrected chi connectivity index (χ3v) is 4.55. The molecule has 0 unspecified atom stereocenters. The molecule has 1 aromatic heterocycles. The SMILES string of the molecule is CCCCc1ccc(N=Cc2c(C)n(C)c3ccccc23)cc1. The molecular weight excluding hydrogens is 280 g/mol. The zero-order valence-corrected chi connectivity index (χ0v) is 14.2. The number of benzene rings is 2. The Kier molecular flexibility index (Phi) is 4.61. The van der Waals surface area contributed by atoms with Gasteiger partial charge in [-0.3, -0.25) is 4.99 Å². The summed E-state index contributed by atoms with van der Waals surface area (Å²) in [6, 6.07) is 17.1. The van der Waals surface area contributed by atoms with E-state index in [0.717, 1.165) is 12.1 Å². The highest BCUT2D eigenvalue weighted by Crippen LogP contribution is 2.24. The minimum Gasteiger partial charge on any atom is -0.347 e. The number of hydrogen-bond donors (Lipinski definition) is 0. The van der Waals surface area contributed by atoms with Crippen molar-refractivity contribution < 1.29 is 0 Å². The van der Waals surface area contributed by atoms with Crippen molar-refractivity contribution >= 4 is 22.8 Å². The van der Waals surface area contributed by atoms with E-state index in [1.54, 1.807) is 0 Å². The van der Waals surface area contributed by atoms with Crippen LogP contribution >= 0.6 is 0 Å². The lowest BCUT2D eigenvalue weighted by molar-refractivity contribution is 0.795. The number of para-hydroxylation sites is 1. The molecule has 0 N–H and O–H groups in total. The average molecular weight is 304 g/mol. The van der Waals surface area contributed by atoms with E-state index in [1.165, 1.54) is 40.6 Å². The van der Waals surface area contributed by atoms with Crippen molar-refractivity contribution in [1.82, 2.24) is 4.57 Å². The number of hydrogen-bond acceptors (Lipinski definition) is 1. The summed E-state index contributed by atoms with van der Waals surface area (Å²) in [6.07, 6.45) is 5.64. The fourth-order valence-corrected chi connectivity index (χ4v) is 2.98. The molecule has 3 rings (SSSR count). The van der Waals surface area contributed by atoms with E-state index in [0.29, 0.717) is 0 Å². The van der Waals surface area contributed by atoms with E-state index < -0.39 is 0 Å². The topological polar surface area (TPSA) is 17.3 Å². The molecule has 0 aliphatic heterocycles. The van der Waals surface area contributed by atoms with Crippen LogP contribution in [0.2, 0.25) is 0 Å². The van der Waals surface area contributed by atoms with Crippen molar-refractivity contribution in [2.45, 2.75) is 33.1 Å². The van der Waals surface area contributed by atoms with Crippen molar-refractivity contribution in [2.75, 3.05) is 0 Å². The number of aryl methyl sites for hydroxylation is 2. The highest BCUT2D eigenvalue weighted by molar-refractivity contribution is 6.01. The summed E-state index contributed by atoms with van der Waals surface area (Å²) < 4.78 is 2.23. The summed E-state index contributed by atoms with van der Waals surface area (Å²) in [5.41, 5.74) is 6.11. The quantitative estimate of drug-likeness (QED) is 0.547. The van der Waals surface area contributed by atoms with Gasteiger partial charge in [0.15, 0.2) is 0 Å². The fraction of sp³-hybridized carbons (Fsp3) is 0.286.